The zero-order valence-electron chi connectivity index (χ0n) is 17.5. The molecule has 0 aromatic heterocycles. The van der Waals surface area contributed by atoms with Crippen molar-refractivity contribution >= 4 is 42.8 Å². The van der Waals surface area contributed by atoms with Crippen LogP contribution in [0.3, 0.4) is 0 Å². The van der Waals surface area contributed by atoms with Crippen LogP contribution in [0.2, 0.25) is 10.0 Å². The lowest BCUT2D eigenvalue weighted by atomic mass is 9.90. The number of nitro benzene ring substituents is 1. The summed E-state index contributed by atoms with van der Waals surface area (Å²) in [7, 11) is -2.87. The topological polar surface area (TPSA) is 122 Å². The normalized spacial score (nSPS) is 10.7. The highest BCUT2D eigenvalue weighted by Crippen LogP contribution is 2.37. The van der Waals surface area contributed by atoms with Gasteiger partial charge in [0.2, 0.25) is 0 Å². The highest BCUT2D eigenvalue weighted by Gasteiger charge is 2.26. The van der Waals surface area contributed by atoms with Gasteiger partial charge in [0.05, 0.1) is 9.95 Å². The Bertz CT molecular complexity index is 903. The second kappa shape index (κ2) is 12.8. The summed E-state index contributed by atoms with van der Waals surface area (Å²) in [6.45, 7) is 6.30. The maximum atomic E-state index is 11.5. The van der Waals surface area contributed by atoms with E-state index in [4.69, 9.17) is 42.3 Å². The Balaban J connectivity index is 0.00000110. The van der Waals surface area contributed by atoms with Crippen LogP contribution in [0.1, 0.15) is 46.5 Å². The van der Waals surface area contributed by atoms with E-state index >= 15 is 0 Å². The lowest BCUT2D eigenvalue weighted by molar-refractivity contribution is -0.384. The van der Waals surface area contributed by atoms with Gasteiger partial charge >= 0.3 is 8.25 Å². The summed E-state index contributed by atoms with van der Waals surface area (Å²) in [6.07, 6.45) is 3.78. The molecule has 11 heteroatoms. The van der Waals surface area contributed by atoms with Crippen LogP contribution in [0.15, 0.2) is 36.4 Å². The lowest BCUT2D eigenvalue weighted by Crippen LogP contribution is -2.34. The molecule has 0 aliphatic heterocycles. The van der Waals surface area contributed by atoms with Crippen LogP contribution >= 0.6 is 31.5 Å². The number of halogens is 2. The van der Waals surface area contributed by atoms with Gasteiger partial charge in [-0.1, -0.05) is 49.9 Å². The maximum Gasteiger partial charge on any atom is 0.692 e. The highest BCUT2D eigenvalue weighted by molar-refractivity contribution is 7.30. The van der Waals surface area contributed by atoms with Gasteiger partial charge in [0.1, 0.15) is 17.2 Å². The minimum Gasteiger partial charge on any atom is -0.456 e. The average molecular weight is 492 g/mol. The first-order valence-corrected chi connectivity index (χ1v) is 11.5. The van der Waals surface area contributed by atoms with Gasteiger partial charge in [-0.05, 0) is 44.0 Å². The zero-order valence-corrected chi connectivity index (χ0v) is 19.9. The molecule has 2 aromatic carbocycles. The molecule has 0 aliphatic carbocycles. The van der Waals surface area contributed by atoms with E-state index < -0.39 is 8.25 Å². The molecule has 0 saturated carbocycles. The molecule has 0 saturated heterocycles. The fourth-order valence-electron chi connectivity index (χ4n) is 3.20. The van der Waals surface area contributed by atoms with E-state index in [1.165, 1.54) is 6.07 Å². The molecule has 0 fully saturated rings. The molecule has 31 heavy (non-hydrogen) atoms. The van der Waals surface area contributed by atoms with E-state index in [1.54, 1.807) is 30.3 Å². The molecule has 2 rings (SSSR count). The van der Waals surface area contributed by atoms with Crippen LogP contribution in [0.4, 0.5) is 11.4 Å². The van der Waals surface area contributed by atoms with Crippen LogP contribution in [0, 0.1) is 10.1 Å². The van der Waals surface area contributed by atoms with E-state index in [-0.39, 0.29) is 16.1 Å². The largest absolute Gasteiger partial charge is 0.692 e. The molecule has 2 aromatic rings. The minimum absolute atomic E-state index is 0.0167. The Morgan fingerprint density at radius 2 is 1.71 bits per heavy atom. The number of anilines is 1. The van der Waals surface area contributed by atoms with Crippen molar-refractivity contribution in [3.05, 3.63) is 56.6 Å². The second-order valence-electron chi connectivity index (χ2n) is 7.05. The predicted octanol–water partition coefficient (Wildman–Crippen LogP) is 7.09. The molecule has 8 nitrogen and oxygen atoms in total. The van der Waals surface area contributed by atoms with Crippen molar-refractivity contribution < 1.29 is 24.0 Å². The van der Waals surface area contributed by atoms with Crippen molar-refractivity contribution in [3.63, 3.8) is 0 Å². The van der Waals surface area contributed by atoms with Gasteiger partial charge in [-0.15, -0.1) is 9.79 Å². The van der Waals surface area contributed by atoms with Crippen molar-refractivity contribution in [2.24, 2.45) is 0 Å². The van der Waals surface area contributed by atoms with Crippen molar-refractivity contribution in [1.29, 1.82) is 0 Å². The van der Waals surface area contributed by atoms with Gasteiger partial charge in [0, 0.05) is 27.3 Å². The third-order valence-electron chi connectivity index (χ3n) is 4.33. The third kappa shape index (κ3) is 9.37. The number of rotatable bonds is 9. The number of nitro groups is 1. The van der Waals surface area contributed by atoms with E-state index in [2.05, 4.69) is 26.1 Å². The monoisotopic (exact) mass is 491 g/mol. The van der Waals surface area contributed by atoms with Crippen LogP contribution in [-0.2, 0) is 4.57 Å². The summed E-state index contributed by atoms with van der Waals surface area (Å²) < 4.78 is 14.5. The first-order valence-electron chi connectivity index (χ1n) is 9.55. The molecule has 0 aliphatic rings. The molecule has 0 bridgehead atoms. The zero-order chi connectivity index (χ0) is 23.6. The van der Waals surface area contributed by atoms with Crippen LogP contribution in [-0.4, -0.2) is 20.2 Å². The first-order chi connectivity index (χ1) is 14.5. The van der Waals surface area contributed by atoms with E-state index in [1.807, 2.05) is 0 Å². The van der Waals surface area contributed by atoms with E-state index in [9.17, 15) is 10.1 Å². The molecule has 0 heterocycles. The number of nitrogens with one attached hydrogen (secondary N) is 1. The van der Waals surface area contributed by atoms with Crippen molar-refractivity contribution in [2.45, 2.75) is 52.0 Å². The summed E-state index contributed by atoms with van der Waals surface area (Å²) in [5.74, 6) is 0.897. The molecular formula is C20H26Cl2N2O6P+. The van der Waals surface area contributed by atoms with Crippen LogP contribution < -0.4 is 10.1 Å². The standard InChI is InChI=1S/C20H24Cl2N2O3.HO3P/c1-4-10-20(3,11-5-2)23-17-13-15(7-8-18(17)24(25)26)27-19-9-6-14(21)12-16(19)22;1-4(2)3/h6-9,12-13,23H,4-5,10-11H2,1-3H3;(H-,1,2,3)/p+1. The molecule has 170 valence electrons. The van der Waals surface area contributed by atoms with Gasteiger partial charge in [0.25, 0.3) is 5.69 Å². The van der Waals surface area contributed by atoms with E-state index in [0.29, 0.717) is 27.2 Å². The number of nitrogens with zero attached hydrogens (tertiary/aromatic N) is 1. The van der Waals surface area contributed by atoms with Crippen molar-refractivity contribution in [3.8, 4) is 11.5 Å². The number of ether oxygens (including phenoxy) is 1. The third-order valence-corrected chi connectivity index (χ3v) is 4.86. The fourth-order valence-corrected chi connectivity index (χ4v) is 3.65. The van der Waals surface area contributed by atoms with Crippen molar-refractivity contribution in [2.75, 3.05) is 5.32 Å². The highest BCUT2D eigenvalue weighted by atomic mass is 35.5. The molecular weight excluding hydrogens is 466 g/mol. The Labute approximate surface area is 192 Å². The van der Waals surface area contributed by atoms with Gasteiger partial charge in [-0.3, -0.25) is 10.1 Å². The summed E-state index contributed by atoms with van der Waals surface area (Å²) in [5, 5.41) is 15.7. The SMILES string of the molecule is CCCC(C)(CCC)Nc1cc(Oc2ccc(Cl)cc2Cl)ccc1[N+](=O)[O-].O=[P+](O)O. The summed E-state index contributed by atoms with van der Waals surface area (Å²) in [5.41, 5.74) is 0.222. The Morgan fingerprint density at radius 1 is 1.13 bits per heavy atom. The van der Waals surface area contributed by atoms with Crippen LogP contribution in [0.5, 0.6) is 11.5 Å². The lowest BCUT2D eigenvalue weighted by Gasteiger charge is -2.31. The molecule has 0 atom stereocenters. The van der Waals surface area contributed by atoms with Gasteiger partial charge in [-0.2, -0.15) is 0 Å². The first kappa shape index (κ1) is 27.1. The summed E-state index contributed by atoms with van der Waals surface area (Å²) in [6, 6.07) is 9.57. The van der Waals surface area contributed by atoms with E-state index in [0.717, 1.165) is 25.7 Å². The van der Waals surface area contributed by atoms with Crippen molar-refractivity contribution in [1.82, 2.24) is 0 Å². The average Bonchev–Trinajstić information content (AvgIpc) is 2.64. The second-order valence-corrected chi connectivity index (χ2v) is 8.40. The number of hydrogen-bond acceptors (Lipinski definition) is 5. The fraction of sp³-hybridized carbons (Fsp3) is 0.400. The predicted molar refractivity (Wildman–Crippen MR) is 124 cm³/mol. The van der Waals surface area contributed by atoms with Gasteiger partial charge in [-0.25, -0.2) is 0 Å². The summed E-state index contributed by atoms with van der Waals surface area (Å²) in [4.78, 5) is 25.3. The molecule has 0 amide bonds. The molecule has 3 N–H and O–H groups in total. The Morgan fingerprint density at radius 3 is 2.19 bits per heavy atom. The van der Waals surface area contributed by atoms with Gasteiger partial charge in [0.15, 0.2) is 0 Å². The number of benzene rings is 2. The van der Waals surface area contributed by atoms with Gasteiger partial charge < -0.3 is 10.1 Å². The smallest absolute Gasteiger partial charge is 0.456 e. The molecule has 0 radical (unpaired) electrons. The Kier molecular flexibility index (Phi) is 11.2. The molecule has 0 unspecified atom stereocenters. The van der Waals surface area contributed by atoms with Crippen LogP contribution in [0.25, 0.3) is 0 Å². The maximum absolute atomic E-state index is 11.5. The summed E-state index contributed by atoms with van der Waals surface area (Å²) >= 11 is 12.1. The molecule has 0 spiro atoms. The quantitative estimate of drug-likeness (QED) is 0.194. The number of hydrogen-bond donors (Lipinski definition) is 3. The Hall–Kier alpha value is -1.96. The minimum atomic E-state index is -2.87.